The number of piperidine rings is 1. The molecule has 1 aliphatic rings. The monoisotopic (exact) mass is 424 g/mol. The highest BCUT2D eigenvalue weighted by molar-refractivity contribution is 6.30. The molecule has 1 N–H and O–H groups in total. The first kappa shape index (κ1) is 20.9. The van der Waals surface area contributed by atoms with E-state index in [0.717, 1.165) is 49.4 Å². The number of para-hydroxylation sites is 2. The lowest BCUT2D eigenvalue weighted by Gasteiger charge is -2.32. The number of nitrogens with zero attached hydrogens (tertiary/aromatic N) is 3. The number of rotatable bonds is 6. The van der Waals surface area contributed by atoms with Gasteiger partial charge in [-0.15, -0.1) is 0 Å². The lowest BCUT2D eigenvalue weighted by molar-refractivity contribution is -0.127. The fourth-order valence-corrected chi connectivity index (χ4v) is 4.46. The Bertz CT molecular complexity index is 1010. The zero-order valence-corrected chi connectivity index (χ0v) is 18.4. The number of benzene rings is 2. The van der Waals surface area contributed by atoms with Crippen LogP contribution in [0.15, 0.2) is 48.5 Å². The highest BCUT2D eigenvalue weighted by atomic mass is 35.5. The first-order valence-corrected chi connectivity index (χ1v) is 11.1. The standard InChI is InChI=1S/C24H29ClN4O/c1-17(2)29-22-8-4-3-7-21(22)27-23(29)16-28-13-5-6-19(15-28)24(30)26-14-18-9-11-20(25)12-10-18/h3-4,7-12,17,19H,5-6,13-16H2,1-2H3,(H,26,30)/t19-/m1/s1. The molecule has 0 spiro atoms. The Morgan fingerprint density at radius 1 is 1.20 bits per heavy atom. The first-order chi connectivity index (χ1) is 14.5. The predicted molar refractivity (Wildman–Crippen MR) is 121 cm³/mol. The summed E-state index contributed by atoms with van der Waals surface area (Å²) in [5.41, 5.74) is 3.28. The van der Waals surface area contributed by atoms with E-state index in [0.29, 0.717) is 17.6 Å². The zero-order valence-electron chi connectivity index (χ0n) is 17.6. The van der Waals surface area contributed by atoms with E-state index in [-0.39, 0.29) is 11.8 Å². The highest BCUT2D eigenvalue weighted by Gasteiger charge is 2.27. The van der Waals surface area contributed by atoms with E-state index in [1.807, 2.05) is 30.3 Å². The van der Waals surface area contributed by atoms with Gasteiger partial charge in [-0.1, -0.05) is 35.9 Å². The second kappa shape index (κ2) is 9.19. The Kier molecular flexibility index (Phi) is 6.40. The summed E-state index contributed by atoms with van der Waals surface area (Å²) in [4.78, 5) is 20.0. The highest BCUT2D eigenvalue weighted by Crippen LogP contribution is 2.24. The number of hydrogen-bond acceptors (Lipinski definition) is 3. The van der Waals surface area contributed by atoms with E-state index in [2.05, 4.69) is 46.8 Å². The van der Waals surface area contributed by atoms with Crippen molar-refractivity contribution in [2.75, 3.05) is 13.1 Å². The Morgan fingerprint density at radius 2 is 1.97 bits per heavy atom. The third-order valence-electron chi connectivity index (χ3n) is 5.81. The fourth-order valence-electron chi connectivity index (χ4n) is 4.33. The third kappa shape index (κ3) is 4.68. The summed E-state index contributed by atoms with van der Waals surface area (Å²) >= 11 is 5.94. The molecule has 0 unspecified atom stereocenters. The molecule has 0 aliphatic carbocycles. The van der Waals surface area contributed by atoms with Crippen molar-refractivity contribution < 1.29 is 4.79 Å². The van der Waals surface area contributed by atoms with Gasteiger partial charge in [0.05, 0.1) is 23.5 Å². The summed E-state index contributed by atoms with van der Waals surface area (Å²) in [7, 11) is 0. The van der Waals surface area contributed by atoms with Crippen molar-refractivity contribution in [2.24, 2.45) is 5.92 Å². The maximum Gasteiger partial charge on any atom is 0.224 e. The van der Waals surface area contributed by atoms with Crippen molar-refractivity contribution in [3.8, 4) is 0 Å². The Morgan fingerprint density at radius 3 is 2.73 bits per heavy atom. The number of halogens is 1. The van der Waals surface area contributed by atoms with Crippen LogP contribution < -0.4 is 5.32 Å². The van der Waals surface area contributed by atoms with Crippen molar-refractivity contribution in [3.05, 3.63) is 64.9 Å². The van der Waals surface area contributed by atoms with Crippen LogP contribution in [0.1, 0.15) is 44.1 Å². The quantitative estimate of drug-likeness (QED) is 0.618. The van der Waals surface area contributed by atoms with Gasteiger partial charge in [-0.3, -0.25) is 9.69 Å². The average molecular weight is 425 g/mol. The summed E-state index contributed by atoms with van der Waals surface area (Å²) in [6, 6.07) is 16.3. The van der Waals surface area contributed by atoms with E-state index < -0.39 is 0 Å². The minimum absolute atomic E-state index is 0.0166. The first-order valence-electron chi connectivity index (χ1n) is 10.7. The van der Waals surface area contributed by atoms with Gasteiger partial charge >= 0.3 is 0 Å². The van der Waals surface area contributed by atoms with Crippen LogP contribution in [0.25, 0.3) is 11.0 Å². The molecule has 1 aliphatic heterocycles. The molecule has 1 saturated heterocycles. The van der Waals surface area contributed by atoms with Gasteiger partial charge in [0.25, 0.3) is 0 Å². The number of amides is 1. The molecule has 1 amide bonds. The van der Waals surface area contributed by atoms with Gasteiger partial charge in [0.1, 0.15) is 5.82 Å². The van der Waals surface area contributed by atoms with Crippen LogP contribution in [0.3, 0.4) is 0 Å². The molecule has 4 rings (SSSR count). The van der Waals surface area contributed by atoms with Gasteiger partial charge in [-0.2, -0.15) is 0 Å². The van der Waals surface area contributed by atoms with Crippen LogP contribution in [0, 0.1) is 5.92 Å². The molecule has 0 radical (unpaired) electrons. The molecule has 2 aromatic carbocycles. The molecular formula is C24H29ClN4O. The average Bonchev–Trinajstić information content (AvgIpc) is 3.11. The maximum absolute atomic E-state index is 12.8. The van der Waals surface area contributed by atoms with E-state index in [1.54, 1.807) is 0 Å². The fraction of sp³-hybridized carbons (Fsp3) is 0.417. The number of carbonyl (C=O) groups excluding carboxylic acids is 1. The molecule has 5 nitrogen and oxygen atoms in total. The van der Waals surface area contributed by atoms with Crippen molar-refractivity contribution in [3.63, 3.8) is 0 Å². The van der Waals surface area contributed by atoms with Crippen molar-refractivity contribution in [1.82, 2.24) is 19.8 Å². The lowest BCUT2D eigenvalue weighted by Crippen LogP contribution is -2.42. The number of fused-ring (bicyclic) bond motifs is 1. The van der Waals surface area contributed by atoms with E-state index in [1.165, 1.54) is 5.52 Å². The maximum atomic E-state index is 12.8. The molecule has 6 heteroatoms. The van der Waals surface area contributed by atoms with Crippen LogP contribution in [0.4, 0.5) is 0 Å². The topological polar surface area (TPSA) is 50.2 Å². The van der Waals surface area contributed by atoms with Gasteiger partial charge in [0.2, 0.25) is 5.91 Å². The second-order valence-corrected chi connectivity index (χ2v) is 8.84. The number of hydrogen-bond donors (Lipinski definition) is 1. The smallest absolute Gasteiger partial charge is 0.224 e. The molecule has 0 bridgehead atoms. The minimum Gasteiger partial charge on any atom is -0.352 e. The van der Waals surface area contributed by atoms with Crippen molar-refractivity contribution in [2.45, 2.75) is 45.8 Å². The molecule has 1 aromatic heterocycles. The summed E-state index contributed by atoms with van der Waals surface area (Å²) < 4.78 is 2.32. The largest absolute Gasteiger partial charge is 0.352 e. The number of likely N-dealkylation sites (tertiary alicyclic amines) is 1. The van der Waals surface area contributed by atoms with Gasteiger partial charge in [0, 0.05) is 24.2 Å². The molecule has 3 aromatic rings. The van der Waals surface area contributed by atoms with Gasteiger partial charge < -0.3 is 9.88 Å². The third-order valence-corrected chi connectivity index (χ3v) is 6.06. The van der Waals surface area contributed by atoms with Gasteiger partial charge in [0.15, 0.2) is 0 Å². The molecule has 2 heterocycles. The van der Waals surface area contributed by atoms with Gasteiger partial charge in [-0.25, -0.2) is 4.98 Å². The Balaban J connectivity index is 1.40. The normalized spacial score (nSPS) is 17.5. The lowest BCUT2D eigenvalue weighted by atomic mass is 9.97. The zero-order chi connectivity index (χ0) is 21.1. The van der Waals surface area contributed by atoms with Gasteiger partial charge in [-0.05, 0) is 63.1 Å². The summed E-state index contributed by atoms with van der Waals surface area (Å²) in [6.45, 7) is 7.47. The summed E-state index contributed by atoms with van der Waals surface area (Å²) in [6.07, 6.45) is 1.96. The van der Waals surface area contributed by atoms with E-state index >= 15 is 0 Å². The molecule has 158 valence electrons. The number of carbonyl (C=O) groups is 1. The van der Waals surface area contributed by atoms with Crippen LogP contribution in [-0.2, 0) is 17.9 Å². The summed E-state index contributed by atoms with van der Waals surface area (Å²) in [5.74, 6) is 1.23. The SMILES string of the molecule is CC(C)n1c(CN2CCC[C@@H](C(=O)NCc3ccc(Cl)cc3)C2)nc2ccccc21. The molecule has 0 saturated carbocycles. The summed E-state index contributed by atoms with van der Waals surface area (Å²) in [5, 5.41) is 3.80. The van der Waals surface area contributed by atoms with Crippen LogP contribution in [0.2, 0.25) is 5.02 Å². The Hall–Kier alpha value is -2.37. The molecule has 1 fully saturated rings. The predicted octanol–water partition coefficient (Wildman–Crippen LogP) is 4.80. The van der Waals surface area contributed by atoms with E-state index in [9.17, 15) is 4.79 Å². The number of aromatic nitrogens is 2. The van der Waals surface area contributed by atoms with E-state index in [4.69, 9.17) is 16.6 Å². The molecule has 30 heavy (non-hydrogen) atoms. The molecule has 1 atom stereocenters. The van der Waals surface area contributed by atoms with Crippen molar-refractivity contribution >= 4 is 28.5 Å². The number of nitrogens with one attached hydrogen (secondary N) is 1. The Labute approximate surface area is 183 Å². The van der Waals surface area contributed by atoms with Crippen LogP contribution in [0.5, 0.6) is 0 Å². The minimum atomic E-state index is 0.0166. The van der Waals surface area contributed by atoms with Crippen molar-refractivity contribution in [1.29, 1.82) is 0 Å². The second-order valence-electron chi connectivity index (χ2n) is 8.40. The molecular weight excluding hydrogens is 396 g/mol. The van der Waals surface area contributed by atoms with Crippen LogP contribution in [-0.4, -0.2) is 33.4 Å². The number of imidazole rings is 1. The van der Waals surface area contributed by atoms with Crippen LogP contribution >= 0.6 is 11.6 Å².